The molecule has 5 heteroatoms. The van der Waals surface area contributed by atoms with Gasteiger partial charge in [-0.3, -0.25) is 4.98 Å². The zero-order valence-electron chi connectivity index (χ0n) is 8.94. The van der Waals surface area contributed by atoms with E-state index in [1.165, 1.54) is 0 Å². The van der Waals surface area contributed by atoms with E-state index in [0.717, 1.165) is 11.3 Å². The summed E-state index contributed by atoms with van der Waals surface area (Å²) in [6.07, 6.45) is 3.33. The number of ether oxygens (including phenoxy) is 1. The summed E-state index contributed by atoms with van der Waals surface area (Å²) >= 11 is 5.70. The summed E-state index contributed by atoms with van der Waals surface area (Å²) in [7, 11) is 0. The van der Waals surface area contributed by atoms with Gasteiger partial charge in [0.15, 0.2) is 5.75 Å². The summed E-state index contributed by atoms with van der Waals surface area (Å²) < 4.78 is 5.62. The molecule has 0 fully saturated rings. The van der Waals surface area contributed by atoms with Crippen molar-refractivity contribution in [1.82, 2.24) is 15.0 Å². The first kappa shape index (κ1) is 10.8. The van der Waals surface area contributed by atoms with Crippen LogP contribution in [-0.4, -0.2) is 15.0 Å². The summed E-state index contributed by atoms with van der Waals surface area (Å²) in [6, 6.07) is 3.64. The third-order valence-corrected chi connectivity index (χ3v) is 2.24. The van der Waals surface area contributed by atoms with Gasteiger partial charge < -0.3 is 4.74 Å². The predicted octanol–water partition coefficient (Wildman–Crippen LogP) is 2.93. The van der Waals surface area contributed by atoms with Crippen molar-refractivity contribution in [1.29, 1.82) is 0 Å². The van der Waals surface area contributed by atoms with E-state index in [-0.39, 0.29) is 5.28 Å². The molecule has 82 valence electrons. The van der Waals surface area contributed by atoms with Gasteiger partial charge in [0.25, 0.3) is 0 Å². The lowest BCUT2D eigenvalue weighted by atomic mass is 10.3. The van der Waals surface area contributed by atoms with Gasteiger partial charge in [-0.2, -0.15) is 4.98 Å². The van der Waals surface area contributed by atoms with Gasteiger partial charge in [-0.15, -0.1) is 0 Å². The zero-order valence-corrected chi connectivity index (χ0v) is 9.69. The average molecular weight is 236 g/mol. The van der Waals surface area contributed by atoms with Gasteiger partial charge in [0.2, 0.25) is 11.2 Å². The van der Waals surface area contributed by atoms with Gasteiger partial charge in [0.05, 0.1) is 5.69 Å². The second kappa shape index (κ2) is 4.45. The monoisotopic (exact) mass is 235 g/mol. The molecule has 4 nitrogen and oxygen atoms in total. The lowest BCUT2D eigenvalue weighted by molar-refractivity contribution is 0.451. The van der Waals surface area contributed by atoms with Crippen molar-refractivity contribution < 1.29 is 4.74 Å². The van der Waals surface area contributed by atoms with Crippen LogP contribution in [0.15, 0.2) is 24.5 Å². The number of nitrogens with zero attached hydrogens (tertiary/aromatic N) is 3. The number of pyridine rings is 1. The number of halogens is 1. The normalized spacial score (nSPS) is 10.2. The van der Waals surface area contributed by atoms with Gasteiger partial charge in [0, 0.05) is 18.0 Å². The van der Waals surface area contributed by atoms with E-state index in [4.69, 9.17) is 16.3 Å². The second-order valence-corrected chi connectivity index (χ2v) is 3.65. The first-order valence-electron chi connectivity index (χ1n) is 4.75. The van der Waals surface area contributed by atoms with Crippen LogP contribution in [0, 0.1) is 13.8 Å². The van der Waals surface area contributed by atoms with Crippen molar-refractivity contribution in [2.24, 2.45) is 0 Å². The Hall–Kier alpha value is -1.68. The maximum absolute atomic E-state index is 5.70. The van der Waals surface area contributed by atoms with Crippen LogP contribution in [-0.2, 0) is 0 Å². The van der Waals surface area contributed by atoms with E-state index >= 15 is 0 Å². The molecule has 0 aliphatic carbocycles. The van der Waals surface area contributed by atoms with Crippen LogP contribution in [0.3, 0.4) is 0 Å². The van der Waals surface area contributed by atoms with Crippen molar-refractivity contribution in [3.05, 3.63) is 41.1 Å². The average Bonchev–Trinajstić information content (AvgIpc) is 2.27. The number of hydrogen-bond donors (Lipinski definition) is 0. The molecule has 2 aromatic rings. The number of hydrogen-bond acceptors (Lipinski definition) is 4. The Balaban J connectivity index is 2.34. The Morgan fingerprint density at radius 2 is 2.06 bits per heavy atom. The Bertz CT molecular complexity index is 516. The van der Waals surface area contributed by atoms with Crippen LogP contribution < -0.4 is 4.74 Å². The van der Waals surface area contributed by atoms with E-state index in [2.05, 4.69) is 15.0 Å². The van der Waals surface area contributed by atoms with Crippen LogP contribution >= 0.6 is 11.6 Å². The van der Waals surface area contributed by atoms with Crippen LogP contribution in [0.2, 0.25) is 5.28 Å². The van der Waals surface area contributed by atoms with E-state index in [1.807, 2.05) is 19.9 Å². The molecule has 0 aliphatic heterocycles. The minimum atomic E-state index is 0.169. The molecule has 2 aromatic heterocycles. The van der Waals surface area contributed by atoms with Crippen molar-refractivity contribution >= 4 is 11.6 Å². The summed E-state index contributed by atoms with van der Waals surface area (Å²) in [5.74, 6) is 1.12. The Morgan fingerprint density at radius 1 is 1.25 bits per heavy atom. The van der Waals surface area contributed by atoms with E-state index in [0.29, 0.717) is 11.6 Å². The predicted molar refractivity (Wildman–Crippen MR) is 60.8 cm³/mol. The topological polar surface area (TPSA) is 47.9 Å². The Morgan fingerprint density at radius 3 is 2.81 bits per heavy atom. The maximum Gasteiger partial charge on any atom is 0.226 e. The fourth-order valence-electron chi connectivity index (χ4n) is 1.19. The molecule has 0 amide bonds. The quantitative estimate of drug-likeness (QED) is 0.751. The van der Waals surface area contributed by atoms with Crippen molar-refractivity contribution in [3.8, 4) is 11.6 Å². The molecule has 0 aromatic carbocycles. The lowest BCUT2D eigenvalue weighted by Gasteiger charge is -2.08. The van der Waals surface area contributed by atoms with E-state index < -0.39 is 0 Å². The van der Waals surface area contributed by atoms with Crippen molar-refractivity contribution in [2.45, 2.75) is 13.8 Å². The molecular formula is C11H10ClN3O. The minimum Gasteiger partial charge on any atom is -0.437 e. The van der Waals surface area contributed by atoms with Gasteiger partial charge in [-0.1, -0.05) is 0 Å². The highest BCUT2D eigenvalue weighted by Crippen LogP contribution is 2.24. The molecule has 0 saturated carbocycles. The van der Waals surface area contributed by atoms with Gasteiger partial charge in [-0.25, -0.2) is 4.98 Å². The highest BCUT2D eigenvalue weighted by atomic mass is 35.5. The molecule has 2 rings (SSSR count). The molecule has 16 heavy (non-hydrogen) atoms. The molecule has 0 bridgehead atoms. The van der Waals surface area contributed by atoms with E-state index in [1.54, 1.807) is 18.5 Å². The number of rotatable bonds is 2. The molecule has 2 heterocycles. The van der Waals surface area contributed by atoms with Crippen molar-refractivity contribution in [2.75, 3.05) is 0 Å². The molecular weight excluding hydrogens is 226 g/mol. The number of aryl methyl sites for hydroxylation is 2. The molecule has 0 unspecified atom stereocenters. The number of aromatic nitrogens is 3. The molecule has 0 radical (unpaired) electrons. The van der Waals surface area contributed by atoms with Crippen LogP contribution in [0.1, 0.15) is 11.3 Å². The van der Waals surface area contributed by atoms with Crippen LogP contribution in [0.5, 0.6) is 11.6 Å². The molecule has 0 spiro atoms. The largest absolute Gasteiger partial charge is 0.437 e. The van der Waals surface area contributed by atoms with Gasteiger partial charge >= 0.3 is 0 Å². The summed E-state index contributed by atoms with van der Waals surface area (Å²) in [6.45, 7) is 3.73. The maximum atomic E-state index is 5.70. The highest BCUT2D eigenvalue weighted by molar-refractivity contribution is 6.28. The molecule has 0 N–H and O–H groups in total. The third-order valence-electron chi connectivity index (χ3n) is 2.06. The standard InChI is InChI=1S/C11H10ClN3O/c1-7-6-14-11(12)15-10(7)16-9-4-3-5-13-8(9)2/h3-6H,1-2H3. The molecule has 0 saturated heterocycles. The fraction of sp³-hybridized carbons (Fsp3) is 0.182. The fourth-order valence-corrected chi connectivity index (χ4v) is 1.32. The summed E-state index contributed by atoms with van der Waals surface area (Å²) in [4.78, 5) is 12.0. The first-order chi connectivity index (χ1) is 7.66. The Labute approximate surface area is 98.3 Å². The third kappa shape index (κ3) is 2.28. The summed E-state index contributed by atoms with van der Waals surface area (Å²) in [5.41, 5.74) is 1.63. The molecule has 0 aliphatic rings. The highest BCUT2D eigenvalue weighted by Gasteiger charge is 2.07. The Kier molecular flexibility index (Phi) is 3.01. The molecule has 0 atom stereocenters. The zero-order chi connectivity index (χ0) is 11.5. The lowest BCUT2D eigenvalue weighted by Crippen LogP contribution is -1.95. The second-order valence-electron chi connectivity index (χ2n) is 3.32. The SMILES string of the molecule is Cc1cnc(Cl)nc1Oc1cccnc1C. The van der Waals surface area contributed by atoms with Gasteiger partial charge in [0.1, 0.15) is 0 Å². The minimum absolute atomic E-state index is 0.169. The van der Waals surface area contributed by atoms with Crippen LogP contribution in [0.4, 0.5) is 0 Å². The first-order valence-corrected chi connectivity index (χ1v) is 5.13. The van der Waals surface area contributed by atoms with E-state index in [9.17, 15) is 0 Å². The van der Waals surface area contributed by atoms with Crippen LogP contribution in [0.25, 0.3) is 0 Å². The summed E-state index contributed by atoms with van der Waals surface area (Å²) in [5, 5.41) is 0.169. The van der Waals surface area contributed by atoms with Crippen molar-refractivity contribution in [3.63, 3.8) is 0 Å². The van der Waals surface area contributed by atoms with Gasteiger partial charge in [-0.05, 0) is 37.6 Å². The smallest absolute Gasteiger partial charge is 0.226 e.